The Labute approximate surface area is 666 Å². The third kappa shape index (κ3) is 10.0. The second-order valence-corrected chi connectivity index (χ2v) is 33.2. The molecule has 3 nitrogen and oxygen atoms in total. The summed E-state index contributed by atoms with van der Waals surface area (Å²) in [7, 11) is 0. The van der Waals surface area contributed by atoms with Crippen molar-refractivity contribution < 1.29 is 4.42 Å². The molecule has 0 atom stereocenters. The first-order chi connectivity index (χ1) is 56.1. The lowest BCUT2D eigenvalue weighted by Gasteiger charge is -2.29. The van der Waals surface area contributed by atoms with Crippen LogP contribution in [0.5, 0.6) is 0 Å². The molecule has 536 valence electrons. The van der Waals surface area contributed by atoms with Gasteiger partial charge in [0.25, 0.3) is 0 Å². The van der Waals surface area contributed by atoms with Crippen molar-refractivity contribution in [2.24, 2.45) is 0 Å². The smallest absolute Gasteiger partial charge is 0.135 e. The number of anilines is 6. The van der Waals surface area contributed by atoms with Gasteiger partial charge in [-0.25, -0.2) is 0 Å². The number of rotatable bonds is 10. The van der Waals surface area contributed by atoms with Crippen molar-refractivity contribution in [2.75, 3.05) is 9.80 Å². The number of thiophene rings is 1. The normalized spacial score (nSPS) is 13.2. The second kappa shape index (κ2) is 25.3. The molecule has 0 radical (unpaired) electrons. The van der Waals surface area contributed by atoms with E-state index < -0.39 is 0 Å². The molecule has 0 N–H and O–H groups in total. The van der Waals surface area contributed by atoms with E-state index in [2.05, 4.69) is 401 Å². The van der Waals surface area contributed by atoms with Gasteiger partial charge >= 0.3 is 0 Å². The Morgan fingerprint density at radius 2 is 0.553 bits per heavy atom. The fourth-order valence-corrected chi connectivity index (χ4v) is 20.9. The number of para-hydroxylation sites is 1. The minimum absolute atomic E-state index is 0.0960. The van der Waals surface area contributed by atoms with Crippen LogP contribution >= 0.6 is 11.3 Å². The zero-order valence-corrected chi connectivity index (χ0v) is 64.3. The van der Waals surface area contributed by atoms with Gasteiger partial charge in [-0.15, -0.1) is 11.3 Å². The molecule has 114 heavy (non-hydrogen) atoms. The lowest BCUT2D eigenvalue weighted by atomic mass is 9.82. The van der Waals surface area contributed by atoms with Crippen LogP contribution in [0, 0.1) is 0 Å². The van der Waals surface area contributed by atoms with E-state index in [4.69, 9.17) is 4.42 Å². The number of nitrogens with zero attached hydrogens (tertiary/aromatic N) is 2. The molecule has 0 unspecified atom stereocenters. The molecule has 0 aliphatic heterocycles. The molecule has 18 aromatic carbocycles. The molecular formula is C110H74N2OS. The maximum Gasteiger partial charge on any atom is 0.135 e. The molecule has 0 amide bonds. The van der Waals surface area contributed by atoms with Crippen LogP contribution in [0.2, 0.25) is 0 Å². The highest BCUT2D eigenvalue weighted by Gasteiger charge is 2.40. The van der Waals surface area contributed by atoms with Crippen LogP contribution in [-0.2, 0) is 10.8 Å². The van der Waals surface area contributed by atoms with Gasteiger partial charge in [-0.2, -0.15) is 0 Å². The van der Waals surface area contributed by atoms with Crippen molar-refractivity contribution in [1.29, 1.82) is 0 Å². The summed E-state index contributed by atoms with van der Waals surface area (Å²) >= 11 is 1.87. The number of fused-ring (bicyclic) bond motifs is 18. The molecule has 20 aromatic rings. The fourth-order valence-electron chi connectivity index (χ4n) is 19.8. The van der Waals surface area contributed by atoms with Crippen molar-refractivity contribution in [3.8, 4) is 111 Å². The SMILES string of the molecule is CC1(C)c2ccccc2-c2c(N(c3ccc(-c4ccc5oc6ccccc6c5c4)cc3)c3ccc(-c4ccc5c6c(cccc46)-c4ccccc4-5)cc3)cccc21.CC1(C)c2ccccc2-c2c(N(c3ccc(-c4ccc5sc6ccccc6c5c4)cc3)c3ccc(-c4ccc5c6c(cccc46)-c4ccccc4-5)cc3)cccc21. The summed E-state index contributed by atoms with van der Waals surface area (Å²) in [5, 5.41) is 10.2. The highest BCUT2D eigenvalue weighted by atomic mass is 32.1. The monoisotopic (exact) mass is 1470 g/mol. The predicted molar refractivity (Wildman–Crippen MR) is 483 cm³/mol. The summed E-state index contributed by atoms with van der Waals surface area (Å²) in [6.45, 7) is 9.43. The van der Waals surface area contributed by atoms with Crippen molar-refractivity contribution in [3.63, 3.8) is 0 Å². The quantitative estimate of drug-likeness (QED) is 0.136. The molecule has 0 saturated heterocycles. The first-order valence-electron chi connectivity index (χ1n) is 39.7. The van der Waals surface area contributed by atoms with Crippen LogP contribution in [0.1, 0.15) is 49.9 Å². The average molecular weight is 1470 g/mol. The Kier molecular flexibility index (Phi) is 14.6. The van der Waals surface area contributed by atoms with Crippen molar-refractivity contribution in [1.82, 2.24) is 0 Å². The summed E-state index contributed by atoms with van der Waals surface area (Å²) < 4.78 is 8.81. The van der Waals surface area contributed by atoms with Crippen LogP contribution < -0.4 is 9.80 Å². The molecule has 24 rings (SSSR count). The minimum Gasteiger partial charge on any atom is -0.456 e. The number of hydrogen-bond donors (Lipinski definition) is 0. The van der Waals surface area contributed by atoms with E-state index in [1.54, 1.807) is 0 Å². The minimum atomic E-state index is -0.105. The van der Waals surface area contributed by atoms with Gasteiger partial charge in [-0.3, -0.25) is 0 Å². The molecule has 2 aromatic heterocycles. The maximum absolute atomic E-state index is 6.15. The number of benzene rings is 18. The molecule has 4 aliphatic rings. The summed E-state index contributed by atoms with van der Waals surface area (Å²) in [6.07, 6.45) is 0. The van der Waals surface area contributed by atoms with Gasteiger partial charge in [0, 0.05) is 75.7 Å². The first-order valence-corrected chi connectivity index (χ1v) is 40.5. The van der Waals surface area contributed by atoms with Gasteiger partial charge in [-0.05, 0) is 241 Å². The zero-order valence-electron chi connectivity index (χ0n) is 63.5. The topological polar surface area (TPSA) is 19.6 Å². The van der Waals surface area contributed by atoms with Gasteiger partial charge in [0.1, 0.15) is 11.2 Å². The zero-order chi connectivity index (χ0) is 75.7. The fraction of sp³-hybridized carbons (Fsp3) is 0.0545. The first kappa shape index (κ1) is 65.9. The molecule has 0 fully saturated rings. The van der Waals surface area contributed by atoms with E-state index in [-0.39, 0.29) is 10.8 Å². The standard InChI is InChI=1S/C55H37NO.C55H37NS/c2*1-55(2)48-17-7-5-14-46(48)54-49(55)18-10-19-50(54)56(37-26-21-34(22-27-37)36-25-32-52-47(33-36)42-13-6-8-20-51(42)57-52)38-28-23-35(24-29-38)39-30-31-45-41-12-4-3-11-40(41)44-16-9-15-43(39)53(44)45/h2*3-33H,1-2H3. The van der Waals surface area contributed by atoms with E-state index in [1.165, 1.54) is 187 Å². The Balaban J connectivity index is 0.000000135. The Bertz CT molecular complexity index is 6900. The van der Waals surface area contributed by atoms with Crippen molar-refractivity contribution in [2.45, 2.75) is 38.5 Å². The lowest BCUT2D eigenvalue weighted by Crippen LogP contribution is -2.16. The Morgan fingerprint density at radius 1 is 0.219 bits per heavy atom. The maximum atomic E-state index is 6.15. The third-order valence-corrected chi connectivity index (χ3v) is 26.4. The molecular weight excluding hydrogens is 1400 g/mol. The highest BCUT2D eigenvalue weighted by molar-refractivity contribution is 7.25. The van der Waals surface area contributed by atoms with Crippen LogP contribution in [0.4, 0.5) is 34.1 Å². The van der Waals surface area contributed by atoms with Gasteiger partial charge in [0.05, 0.1) is 11.4 Å². The third-order valence-electron chi connectivity index (χ3n) is 25.3. The summed E-state index contributed by atoms with van der Waals surface area (Å²) in [4.78, 5) is 4.91. The summed E-state index contributed by atoms with van der Waals surface area (Å²) in [5.41, 5.74) is 39.5. The van der Waals surface area contributed by atoms with Crippen molar-refractivity contribution in [3.05, 3.63) is 398 Å². The molecule has 0 spiro atoms. The van der Waals surface area contributed by atoms with Gasteiger partial charge in [-0.1, -0.05) is 307 Å². The van der Waals surface area contributed by atoms with E-state index in [0.717, 1.165) is 44.7 Å². The molecule has 4 heteroatoms. The lowest BCUT2D eigenvalue weighted by molar-refractivity contribution is 0.660. The van der Waals surface area contributed by atoms with E-state index in [9.17, 15) is 0 Å². The summed E-state index contributed by atoms with van der Waals surface area (Å²) in [5.74, 6) is 0. The molecule has 0 saturated carbocycles. The predicted octanol–water partition coefficient (Wildman–Crippen LogP) is 31.5. The van der Waals surface area contributed by atoms with Crippen LogP contribution in [0.25, 0.3) is 175 Å². The Morgan fingerprint density at radius 3 is 1.04 bits per heavy atom. The molecule has 4 aliphatic carbocycles. The van der Waals surface area contributed by atoms with Crippen LogP contribution in [-0.4, -0.2) is 0 Å². The Hall–Kier alpha value is -13.9. The summed E-state index contributed by atoms with van der Waals surface area (Å²) in [6, 6.07) is 139. The second-order valence-electron chi connectivity index (χ2n) is 32.1. The van der Waals surface area contributed by atoms with E-state index >= 15 is 0 Å². The van der Waals surface area contributed by atoms with Crippen LogP contribution in [0.15, 0.2) is 381 Å². The van der Waals surface area contributed by atoms with Crippen molar-refractivity contribution >= 4 is 109 Å². The molecule has 0 bridgehead atoms. The number of hydrogen-bond acceptors (Lipinski definition) is 4. The number of furan rings is 1. The van der Waals surface area contributed by atoms with E-state index in [0.29, 0.717) is 0 Å². The van der Waals surface area contributed by atoms with Gasteiger partial charge in [0.15, 0.2) is 0 Å². The average Bonchev–Trinajstić information content (AvgIpc) is 1.54. The van der Waals surface area contributed by atoms with Gasteiger partial charge in [0.2, 0.25) is 0 Å². The van der Waals surface area contributed by atoms with Crippen LogP contribution in [0.3, 0.4) is 0 Å². The molecule has 2 heterocycles. The van der Waals surface area contributed by atoms with E-state index in [1.807, 2.05) is 23.5 Å². The van der Waals surface area contributed by atoms with Gasteiger partial charge < -0.3 is 14.2 Å². The highest BCUT2D eigenvalue weighted by Crippen LogP contribution is 2.58. The largest absolute Gasteiger partial charge is 0.456 e.